The fourth-order valence-electron chi connectivity index (χ4n) is 0.979. The van der Waals surface area contributed by atoms with E-state index < -0.39 is 0 Å². The summed E-state index contributed by atoms with van der Waals surface area (Å²) in [6, 6.07) is 7.85. The van der Waals surface area contributed by atoms with Gasteiger partial charge in [-0.15, -0.1) is 0 Å². The Balaban J connectivity index is 3.28. The van der Waals surface area contributed by atoms with E-state index in [1.54, 1.807) is 26.7 Å². The van der Waals surface area contributed by atoms with Gasteiger partial charge in [-0.1, -0.05) is 24.3 Å². The van der Waals surface area contributed by atoms with Gasteiger partial charge in [0.15, 0.2) is 0 Å². The average Bonchev–Trinajstić information content (AvgIpc) is 2.09. The van der Waals surface area contributed by atoms with Crippen LogP contribution in [-0.4, -0.2) is 14.2 Å². The first-order valence-electron chi connectivity index (χ1n) is 3.69. The summed E-state index contributed by atoms with van der Waals surface area (Å²) in [5.41, 5.74) is 0. The summed E-state index contributed by atoms with van der Waals surface area (Å²) in [5, 5.41) is 2.03. The maximum absolute atomic E-state index is 4.91. The van der Waals surface area contributed by atoms with Crippen LogP contribution in [0.25, 0.3) is 12.5 Å². The number of methoxy groups -OCH3 is 2. The Kier molecular flexibility index (Phi) is 3.20. The van der Waals surface area contributed by atoms with Gasteiger partial charge in [-0.3, -0.25) is 0 Å². The van der Waals surface area contributed by atoms with Gasteiger partial charge in [-0.25, -0.2) is 0 Å². The molecule has 1 aromatic rings. The minimum atomic E-state index is 1.02. The van der Waals surface area contributed by atoms with Crippen LogP contribution in [0.4, 0.5) is 0 Å². The summed E-state index contributed by atoms with van der Waals surface area (Å²) in [6.07, 6.45) is 3.37. The third-order valence-electron chi connectivity index (χ3n) is 1.49. The van der Waals surface area contributed by atoms with Crippen LogP contribution >= 0.6 is 0 Å². The molecule has 0 aromatic heterocycles. The van der Waals surface area contributed by atoms with Crippen molar-refractivity contribution in [3.8, 4) is 0 Å². The fourth-order valence-corrected chi connectivity index (χ4v) is 0.979. The summed E-state index contributed by atoms with van der Waals surface area (Å²) >= 11 is 0. The molecule has 0 aliphatic heterocycles. The molecule has 0 saturated heterocycles. The minimum absolute atomic E-state index is 1.02. The lowest BCUT2D eigenvalue weighted by Crippen LogP contribution is -2.23. The molecule has 0 aliphatic rings. The molecule has 0 heterocycles. The lowest BCUT2D eigenvalue weighted by atomic mass is 10.2. The third kappa shape index (κ3) is 2.02. The first-order chi connectivity index (χ1) is 5.88. The van der Waals surface area contributed by atoms with E-state index in [9.17, 15) is 0 Å². The van der Waals surface area contributed by atoms with Crippen LogP contribution in [0.2, 0.25) is 0 Å². The maximum atomic E-state index is 4.91. The van der Waals surface area contributed by atoms with E-state index in [2.05, 4.69) is 0 Å². The lowest BCUT2D eigenvalue weighted by Gasteiger charge is -1.91. The molecule has 0 bridgehead atoms. The monoisotopic (exact) mass is 164 g/mol. The van der Waals surface area contributed by atoms with Crippen molar-refractivity contribution in [2.24, 2.45) is 0 Å². The normalized spacial score (nSPS) is 13.2. The van der Waals surface area contributed by atoms with E-state index in [4.69, 9.17) is 9.47 Å². The molecule has 0 aliphatic carbocycles. The number of rotatable bonds is 2. The molecule has 1 aromatic carbocycles. The fraction of sp³-hybridized carbons (Fsp3) is 0.200. The molecule has 0 unspecified atom stereocenters. The molecule has 64 valence electrons. The predicted molar refractivity (Wildman–Crippen MR) is 48.6 cm³/mol. The number of ether oxygens (including phenoxy) is 2. The van der Waals surface area contributed by atoms with E-state index in [0.29, 0.717) is 0 Å². The van der Waals surface area contributed by atoms with Gasteiger partial charge in [0.2, 0.25) is 0 Å². The highest BCUT2D eigenvalue weighted by atomic mass is 16.5. The highest BCUT2D eigenvalue weighted by Gasteiger charge is 1.82. The Labute approximate surface area is 71.7 Å². The molecule has 12 heavy (non-hydrogen) atoms. The van der Waals surface area contributed by atoms with Crippen molar-refractivity contribution in [3.63, 3.8) is 0 Å². The first-order valence-corrected chi connectivity index (χ1v) is 3.69. The van der Waals surface area contributed by atoms with E-state index in [0.717, 1.165) is 10.4 Å². The molecule has 0 spiro atoms. The van der Waals surface area contributed by atoms with Gasteiger partial charge < -0.3 is 9.47 Å². The summed E-state index contributed by atoms with van der Waals surface area (Å²) in [6.45, 7) is 0. The van der Waals surface area contributed by atoms with Crippen molar-refractivity contribution in [1.29, 1.82) is 0 Å². The third-order valence-corrected chi connectivity index (χ3v) is 1.49. The molecule has 1 rings (SSSR count). The molecule has 2 heteroatoms. The Morgan fingerprint density at radius 3 is 1.67 bits per heavy atom. The number of hydrogen-bond donors (Lipinski definition) is 0. The number of benzene rings is 1. The standard InChI is InChI=1S/C10H12O2/c1-11-7-9-5-3-4-6-10(9)8-12-2/h3-8H,1-2H3/b9-7-,10-8+. The topological polar surface area (TPSA) is 18.5 Å². The van der Waals surface area contributed by atoms with E-state index in [1.807, 2.05) is 24.3 Å². The molecule has 0 amide bonds. The molecule has 0 saturated carbocycles. The Hall–Kier alpha value is -1.44. The van der Waals surface area contributed by atoms with E-state index >= 15 is 0 Å². The SMILES string of the molecule is CO/C=c1/cccc/c1=C\OC. The van der Waals surface area contributed by atoms with Crippen LogP contribution in [-0.2, 0) is 9.47 Å². The zero-order valence-corrected chi connectivity index (χ0v) is 7.28. The molecule has 2 nitrogen and oxygen atoms in total. The quantitative estimate of drug-likeness (QED) is 0.632. The predicted octanol–water partition coefficient (Wildman–Crippen LogP) is 0.455. The van der Waals surface area contributed by atoms with Crippen LogP contribution in [0.1, 0.15) is 0 Å². The van der Waals surface area contributed by atoms with Gasteiger partial charge in [0, 0.05) is 10.4 Å². The Bertz CT molecular complexity index is 306. The second kappa shape index (κ2) is 4.44. The van der Waals surface area contributed by atoms with Crippen molar-refractivity contribution in [2.75, 3.05) is 14.2 Å². The zero-order chi connectivity index (χ0) is 8.81. The molecule has 0 radical (unpaired) electrons. The molecule has 0 fully saturated rings. The summed E-state index contributed by atoms with van der Waals surface area (Å²) in [4.78, 5) is 0. The lowest BCUT2D eigenvalue weighted by molar-refractivity contribution is 0.386. The van der Waals surface area contributed by atoms with Crippen molar-refractivity contribution >= 4 is 12.5 Å². The van der Waals surface area contributed by atoms with Gasteiger partial charge in [-0.2, -0.15) is 0 Å². The van der Waals surface area contributed by atoms with Gasteiger partial charge >= 0.3 is 0 Å². The summed E-state index contributed by atoms with van der Waals surface area (Å²) in [5.74, 6) is 0. The smallest absolute Gasteiger partial charge is 0.0904 e. The van der Waals surface area contributed by atoms with Crippen molar-refractivity contribution in [2.45, 2.75) is 0 Å². The minimum Gasteiger partial charge on any atom is -0.504 e. The largest absolute Gasteiger partial charge is 0.504 e. The van der Waals surface area contributed by atoms with Crippen LogP contribution in [0.5, 0.6) is 0 Å². The van der Waals surface area contributed by atoms with Crippen molar-refractivity contribution in [3.05, 3.63) is 34.7 Å². The van der Waals surface area contributed by atoms with Gasteiger partial charge in [-0.05, 0) is 0 Å². The van der Waals surface area contributed by atoms with Crippen molar-refractivity contribution < 1.29 is 9.47 Å². The van der Waals surface area contributed by atoms with E-state index in [1.165, 1.54) is 0 Å². The second-order valence-corrected chi connectivity index (χ2v) is 2.34. The van der Waals surface area contributed by atoms with Gasteiger partial charge in [0.25, 0.3) is 0 Å². The van der Waals surface area contributed by atoms with Gasteiger partial charge in [0.05, 0.1) is 26.7 Å². The molecular formula is C10H12O2. The van der Waals surface area contributed by atoms with Crippen LogP contribution < -0.4 is 10.4 Å². The van der Waals surface area contributed by atoms with Crippen molar-refractivity contribution in [1.82, 2.24) is 0 Å². The van der Waals surface area contributed by atoms with Crippen LogP contribution in [0.15, 0.2) is 24.3 Å². The zero-order valence-electron chi connectivity index (χ0n) is 7.28. The molecular weight excluding hydrogens is 152 g/mol. The average molecular weight is 164 g/mol. The summed E-state index contributed by atoms with van der Waals surface area (Å²) in [7, 11) is 3.26. The maximum Gasteiger partial charge on any atom is 0.0904 e. The Morgan fingerprint density at radius 2 is 1.33 bits per heavy atom. The van der Waals surface area contributed by atoms with Crippen LogP contribution in [0.3, 0.4) is 0 Å². The van der Waals surface area contributed by atoms with E-state index in [-0.39, 0.29) is 0 Å². The molecule has 0 atom stereocenters. The first kappa shape index (κ1) is 8.65. The van der Waals surface area contributed by atoms with Gasteiger partial charge in [0.1, 0.15) is 0 Å². The Morgan fingerprint density at radius 1 is 0.917 bits per heavy atom. The number of hydrogen-bond acceptors (Lipinski definition) is 2. The van der Waals surface area contributed by atoms with Crippen LogP contribution in [0, 0.1) is 0 Å². The molecule has 0 N–H and O–H groups in total. The highest BCUT2D eigenvalue weighted by Crippen LogP contribution is 1.73. The summed E-state index contributed by atoms with van der Waals surface area (Å²) < 4.78 is 9.83. The second-order valence-electron chi connectivity index (χ2n) is 2.34. The highest BCUT2D eigenvalue weighted by molar-refractivity contribution is 5.24.